The Morgan fingerprint density at radius 2 is 1.35 bits per heavy atom. The summed E-state index contributed by atoms with van der Waals surface area (Å²) in [6.07, 6.45) is 2.20. The first-order valence-electron chi connectivity index (χ1n) is 23.1. The van der Waals surface area contributed by atoms with Crippen molar-refractivity contribution < 1.29 is 38.4 Å². The molecular formula is C46H67N15O8S2. The van der Waals surface area contributed by atoms with Gasteiger partial charge in [-0.15, -0.1) is 0 Å². The Labute approximate surface area is 419 Å². The number of hydrogen-bond acceptors (Lipinski definition) is 12. The number of amides is 8. The number of rotatable bonds is 16. The van der Waals surface area contributed by atoms with Crippen LogP contribution in [0.2, 0.25) is 0 Å². The van der Waals surface area contributed by atoms with Crippen molar-refractivity contribution in [3.05, 3.63) is 71.9 Å². The quantitative estimate of drug-likeness (QED) is 0.0353. The third-order valence-corrected chi connectivity index (χ3v) is 14.7. The summed E-state index contributed by atoms with van der Waals surface area (Å²) in [6.45, 7) is 6.37. The predicted molar refractivity (Wildman–Crippen MR) is 273 cm³/mol. The highest BCUT2D eigenvalue weighted by Crippen LogP contribution is 2.39. The number of carbonyl (C=O) groups is 8. The van der Waals surface area contributed by atoms with E-state index in [0.29, 0.717) is 17.5 Å². The molecule has 0 saturated carbocycles. The van der Waals surface area contributed by atoms with Gasteiger partial charge < -0.3 is 70.0 Å². The molecule has 8 amide bonds. The average Bonchev–Trinajstić information content (AvgIpc) is 3.72. The number of nitrogens with one attached hydrogen (secondary N) is 12. The lowest BCUT2D eigenvalue weighted by Gasteiger charge is -2.33. The third kappa shape index (κ3) is 18.3. The average molecular weight is 1020 g/mol. The number of hydrogen-bond donors (Lipinski definition) is 15. The van der Waals surface area contributed by atoms with E-state index in [1.165, 1.54) is 35.4 Å². The predicted octanol–water partition coefficient (Wildman–Crippen LogP) is -1.04. The number of primary amides is 1. The van der Waals surface area contributed by atoms with Crippen LogP contribution in [0.15, 0.2) is 60.8 Å². The molecular weight excluding hydrogens is 955 g/mol. The molecule has 1 aliphatic heterocycles. The number of H-pyrrole nitrogens is 1. The normalized spacial score (nSPS) is 22.1. The van der Waals surface area contributed by atoms with Gasteiger partial charge in [-0.2, -0.15) is 0 Å². The Morgan fingerprint density at radius 1 is 0.761 bits per heavy atom. The Morgan fingerprint density at radius 3 is 2.01 bits per heavy atom. The Hall–Kier alpha value is -7.02. The minimum atomic E-state index is -1.32. The summed E-state index contributed by atoms with van der Waals surface area (Å²) < 4.78 is -1.12. The maximum absolute atomic E-state index is 14.5. The van der Waals surface area contributed by atoms with E-state index in [2.05, 4.69) is 52.8 Å². The van der Waals surface area contributed by atoms with E-state index >= 15 is 0 Å². The first kappa shape index (κ1) is 56.6. The third-order valence-electron chi connectivity index (χ3n) is 11.4. The lowest BCUT2D eigenvalue weighted by atomic mass is 9.99. The number of fused-ring (bicyclic) bond motifs is 1. The van der Waals surface area contributed by atoms with Crippen LogP contribution >= 0.6 is 21.6 Å². The van der Waals surface area contributed by atoms with Gasteiger partial charge in [0.2, 0.25) is 47.3 Å². The summed E-state index contributed by atoms with van der Waals surface area (Å²) in [4.78, 5) is 114. The standard InChI is InChI=1S/C46H67N15O8S2/c1-25-38(64)59-34(22-27-12-6-5-7-13-27)42(68)57-32(17-11-20-53-45(50)51)41(67)60-35(23-28-24-54-30-15-9-8-14-29(28)30)43(69)61-36(37(47)63)46(3,4)71-70-21-18-33(39(65)55-25)58-40(66)31(56-26(2)62)16-10-19-52-44(48)49/h5-9,12-15,24-25,31-36,54H,10-11,16-23H2,1-4H3,(H2,47,63)(H,55,65)(H,56,62)(H,57,68)(H,58,66)(H,59,64)(H,60,67)(H,61,69)(H4,48,49,52)(H4,50,51,53)/t25-,31+,32+,33+,34-,35+,36-/m1/s1. The molecule has 1 aromatic heterocycles. The molecule has 0 bridgehead atoms. The zero-order valence-corrected chi connectivity index (χ0v) is 41.8. The van der Waals surface area contributed by atoms with E-state index < -0.39 is 94.3 Å². The molecule has 0 unspecified atom stereocenters. The van der Waals surface area contributed by atoms with E-state index in [4.69, 9.17) is 28.0 Å². The molecule has 23 nitrogen and oxygen atoms in total. The molecule has 71 heavy (non-hydrogen) atoms. The highest BCUT2D eigenvalue weighted by molar-refractivity contribution is 8.77. The molecule has 4 rings (SSSR count). The fourth-order valence-electron chi connectivity index (χ4n) is 7.63. The van der Waals surface area contributed by atoms with Crippen LogP contribution in [-0.4, -0.2) is 130 Å². The van der Waals surface area contributed by atoms with Gasteiger partial charge in [0.25, 0.3) is 0 Å². The molecule has 2 heterocycles. The van der Waals surface area contributed by atoms with Crippen molar-refractivity contribution in [1.82, 2.24) is 52.8 Å². The lowest BCUT2D eigenvalue weighted by molar-refractivity contribution is -0.135. The van der Waals surface area contributed by atoms with Crippen molar-refractivity contribution in [3.63, 3.8) is 0 Å². The van der Waals surface area contributed by atoms with Crippen molar-refractivity contribution in [2.45, 2.75) is 120 Å². The first-order valence-corrected chi connectivity index (χ1v) is 25.4. The van der Waals surface area contributed by atoms with Crippen molar-refractivity contribution in [1.29, 1.82) is 10.8 Å². The molecule has 25 heteroatoms. The van der Waals surface area contributed by atoms with Gasteiger partial charge in [-0.3, -0.25) is 49.2 Å². The number of nitrogens with two attached hydrogens (primary N) is 3. The second kappa shape index (κ2) is 27.4. The van der Waals surface area contributed by atoms with Crippen molar-refractivity contribution >= 4 is 91.7 Å². The molecule has 18 N–H and O–H groups in total. The first-order chi connectivity index (χ1) is 33.6. The molecule has 3 aromatic rings. The number of aromatic nitrogens is 1. The molecule has 386 valence electrons. The number of benzene rings is 2. The second-order valence-electron chi connectivity index (χ2n) is 17.6. The van der Waals surface area contributed by atoms with Gasteiger partial charge in [-0.05, 0) is 70.1 Å². The molecule has 1 fully saturated rings. The largest absolute Gasteiger partial charge is 0.370 e. The van der Waals surface area contributed by atoms with Crippen molar-refractivity contribution in [3.8, 4) is 0 Å². The van der Waals surface area contributed by atoms with Crippen LogP contribution in [-0.2, 0) is 51.2 Å². The highest BCUT2D eigenvalue weighted by Gasteiger charge is 2.39. The molecule has 2 aromatic carbocycles. The van der Waals surface area contributed by atoms with Crippen molar-refractivity contribution in [2.24, 2.45) is 17.2 Å². The number of para-hydroxylation sites is 1. The molecule has 0 spiro atoms. The van der Waals surface area contributed by atoms with Crippen LogP contribution in [0.3, 0.4) is 0 Å². The lowest BCUT2D eigenvalue weighted by Crippen LogP contribution is -2.61. The topological polar surface area (TPSA) is 386 Å². The zero-order valence-electron chi connectivity index (χ0n) is 40.2. The molecule has 0 aliphatic carbocycles. The molecule has 1 aliphatic rings. The Bertz CT molecular complexity index is 2390. The van der Waals surface area contributed by atoms with E-state index in [-0.39, 0.29) is 69.3 Å². The van der Waals surface area contributed by atoms with Crippen molar-refractivity contribution in [2.75, 3.05) is 18.8 Å². The smallest absolute Gasteiger partial charge is 0.243 e. The monoisotopic (exact) mass is 1020 g/mol. The maximum atomic E-state index is 14.5. The second-order valence-corrected chi connectivity index (χ2v) is 20.7. The summed E-state index contributed by atoms with van der Waals surface area (Å²) in [6, 6.07) is 7.21. The van der Waals surface area contributed by atoms with Gasteiger partial charge in [0.05, 0.1) is 0 Å². The SMILES string of the molecule is CC(=O)N[C@@H](CCCNC(=N)N)C(=O)N[C@H]1CCSSC(C)(C)[C@@H](C(N)=O)NC(=O)[C@H](Cc2c[nH]c3ccccc23)NC(=O)[C@H](CCCNC(=N)N)NC(=O)[C@@H](Cc2ccccc2)NC(=O)[C@@H](C)NC1=O. The summed E-state index contributed by atoms with van der Waals surface area (Å²) in [7, 11) is 2.40. The van der Waals surface area contributed by atoms with E-state index in [9.17, 15) is 38.4 Å². The fraction of sp³-hybridized carbons (Fsp3) is 0.478. The Kier molecular flexibility index (Phi) is 21.8. The van der Waals surface area contributed by atoms with Gasteiger partial charge in [0, 0.05) is 60.5 Å². The molecule has 1 saturated heterocycles. The van der Waals surface area contributed by atoms with Gasteiger partial charge in [-0.1, -0.05) is 70.1 Å². The maximum Gasteiger partial charge on any atom is 0.243 e. The minimum Gasteiger partial charge on any atom is -0.370 e. The minimum absolute atomic E-state index is 0.0201. The van der Waals surface area contributed by atoms with Crippen LogP contribution in [0.1, 0.15) is 70.9 Å². The summed E-state index contributed by atoms with van der Waals surface area (Å²) >= 11 is 0. The van der Waals surface area contributed by atoms with E-state index in [0.717, 1.165) is 10.9 Å². The van der Waals surface area contributed by atoms with Gasteiger partial charge in [-0.25, -0.2) is 0 Å². The van der Waals surface area contributed by atoms with Crippen LogP contribution in [0.25, 0.3) is 10.9 Å². The van der Waals surface area contributed by atoms with Crippen LogP contribution < -0.4 is 65.1 Å². The van der Waals surface area contributed by atoms with Crippen LogP contribution in [0.5, 0.6) is 0 Å². The number of carbonyl (C=O) groups excluding carboxylic acids is 8. The summed E-state index contributed by atoms with van der Waals surface area (Å²) in [5, 5.41) is 40.1. The summed E-state index contributed by atoms with van der Waals surface area (Å²) in [5.74, 6) is -6.33. The van der Waals surface area contributed by atoms with Gasteiger partial charge >= 0.3 is 0 Å². The Balaban J connectivity index is 1.76. The molecule has 7 atom stereocenters. The summed E-state index contributed by atoms with van der Waals surface area (Å²) in [5.41, 5.74) is 18.9. The number of aromatic amines is 1. The van der Waals surface area contributed by atoms with Gasteiger partial charge in [0.15, 0.2) is 11.9 Å². The number of guanidine groups is 2. The van der Waals surface area contributed by atoms with Gasteiger partial charge in [0.1, 0.15) is 42.3 Å². The fourth-order valence-corrected chi connectivity index (χ4v) is 10.4. The molecule has 0 radical (unpaired) electrons. The highest BCUT2D eigenvalue weighted by atomic mass is 33.1. The van der Waals surface area contributed by atoms with Crippen LogP contribution in [0, 0.1) is 10.8 Å². The zero-order chi connectivity index (χ0) is 52.3. The van der Waals surface area contributed by atoms with Crippen LogP contribution in [0.4, 0.5) is 0 Å². The van der Waals surface area contributed by atoms with E-state index in [1.807, 2.05) is 24.3 Å². The van der Waals surface area contributed by atoms with E-state index in [1.54, 1.807) is 50.4 Å².